The molecule has 0 radical (unpaired) electrons. The summed E-state index contributed by atoms with van der Waals surface area (Å²) in [6, 6.07) is 0. The minimum Gasteiger partial charge on any atom is -0.438 e. The zero-order chi connectivity index (χ0) is 12.5. The van der Waals surface area contributed by atoms with Crippen molar-refractivity contribution in [2.75, 3.05) is 7.05 Å². The van der Waals surface area contributed by atoms with Crippen molar-refractivity contribution in [3.05, 3.63) is 11.6 Å². The normalized spacial score (nSPS) is 21.1. The van der Waals surface area contributed by atoms with Crippen LogP contribution in [-0.4, -0.2) is 30.1 Å². The van der Waals surface area contributed by atoms with Crippen LogP contribution >= 0.6 is 0 Å². The summed E-state index contributed by atoms with van der Waals surface area (Å²) in [7, 11) is 1.64. The van der Waals surface area contributed by atoms with Gasteiger partial charge < -0.3 is 9.64 Å². The lowest BCUT2D eigenvalue weighted by atomic mass is 9.86. The van der Waals surface area contributed by atoms with Crippen LogP contribution in [0.3, 0.4) is 0 Å². The van der Waals surface area contributed by atoms with E-state index >= 15 is 0 Å². The van der Waals surface area contributed by atoms with Crippen LogP contribution in [0.25, 0.3) is 0 Å². The van der Waals surface area contributed by atoms with Gasteiger partial charge in [0.2, 0.25) is 0 Å². The average molecular weight is 225 g/mol. The number of rotatable bonds is 2. The molecule has 0 aromatic carbocycles. The molecule has 0 bridgehead atoms. The number of likely N-dealkylation sites (N-methyl/N-ethyl adjacent to an activating group) is 1. The first-order valence-corrected chi connectivity index (χ1v) is 5.46. The molecule has 0 fully saturated rings. The Labute approximate surface area is 96.3 Å². The zero-order valence-electron chi connectivity index (χ0n) is 10.5. The molecule has 1 aliphatic heterocycles. The second-order valence-electron chi connectivity index (χ2n) is 4.98. The van der Waals surface area contributed by atoms with Gasteiger partial charge in [0, 0.05) is 19.0 Å². The fourth-order valence-electron chi connectivity index (χ4n) is 1.53. The van der Waals surface area contributed by atoms with Gasteiger partial charge in [-0.05, 0) is 11.5 Å². The molecule has 4 heteroatoms. The Kier molecular flexibility index (Phi) is 3.41. The predicted molar refractivity (Wildman–Crippen MR) is 60.5 cm³/mol. The van der Waals surface area contributed by atoms with Crippen molar-refractivity contribution in [3.8, 4) is 0 Å². The highest BCUT2D eigenvalue weighted by Crippen LogP contribution is 2.32. The summed E-state index contributed by atoms with van der Waals surface area (Å²) < 4.78 is 5.16. The molecule has 0 spiro atoms. The van der Waals surface area contributed by atoms with E-state index in [2.05, 4.69) is 0 Å². The number of ether oxygens (including phenoxy) is 1. The zero-order valence-corrected chi connectivity index (χ0v) is 10.5. The van der Waals surface area contributed by atoms with Gasteiger partial charge in [-0.15, -0.1) is 0 Å². The van der Waals surface area contributed by atoms with Crippen molar-refractivity contribution in [2.45, 2.75) is 40.3 Å². The Morgan fingerprint density at radius 1 is 1.50 bits per heavy atom. The van der Waals surface area contributed by atoms with E-state index in [1.807, 2.05) is 20.8 Å². The number of carbonyl (C=O) groups excluding carboxylic acids is 2. The Morgan fingerprint density at radius 2 is 2.06 bits per heavy atom. The highest BCUT2D eigenvalue weighted by Gasteiger charge is 2.37. The molecule has 1 aliphatic rings. The lowest BCUT2D eigenvalue weighted by Crippen LogP contribution is -2.34. The van der Waals surface area contributed by atoms with Gasteiger partial charge in [0.25, 0.3) is 5.91 Å². The van der Waals surface area contributed by atoms with Gasteiger partial charge in [0.1, 0.15) is 0 Å². The van der Waals surface area contributed by atoms with Crippen LogP contribution in [0, 0.1) is 5.41 Å². The molecular weight excluding hydrogens is 206 g/mol. The molecule has 1 unspecified atom stereocenters. The van der Waals surface area contributed by atoms with Gasteiger partial charge in [-0.3, -0.25) is 9.59 Å². The summed E-state index contributed by atoms with van der Waals surface area (Å²) in [6.07, 6.45) is 1.50. The smallest absolute Gasteiger partial charge is 0.307 e. The number of amides is 1. The molecule has 0 saturated heterocycles. The third kappa shape index (κ3) is 2.43. The molecule has 0 aromatic rings. The third-order valence-corrected chi connectivity index (χ3v) is 2.59. The van der Waals surface area contributed by atoms with Gasteiger partial charge in [-0.1, -0.05) is 27.7 Å². The van der Waals surface area contributed by atoms with Crippen molar-refractivity contribution in [1.82, 2.24) is 4.90 Å². The first kappa shape index (κ1) is 12.7. The number of hydrogen-bond donors (Lipinski definition) is 0. The van der Waals surface area contributed by atoms with E-state index in [1.165, 1.54) is 4.90 Å². The summed E-state index contributed by atoms with van der Waals surface area (Å²) in [4.78, 5) is 24.5. The molecule has 1 heterocycles. The second kappa shape index (κ2) is 4.28. The van der Waals surface area contributed by atoms with E-state index in [0.29, 0.717) is 12.0 Å². The molecule has 0 saturated carbocycles. The summed E-state index contributed by atoms with van der Waals surface area (Å²) in [5.74, 6) is -0.363. The SMILES string of the molecule is CCC(=O)OC1C=C(C(C)(C)C)C(=O)N1C. The Hall–Kier alpha value is -1.32. The standard InChI is InChI=1S/C12H19NO3/c1-6-10(14)16-9-7-8(12(2,3)4)11(15)13(9)5/h7,9H,6H2,1-5H3. The van der Waals surface area contributed by atoms with Crippen LogP contribution in [0.2, 0.25) is 0 Å². The number of hydrogen-bond acceptors (Lipinski definition) is 3. The van der Waals surface area contributed by atoms with Gasteiger partial charge in [-0.2, -0.15) is 0 Å². The largest absolute Gasteiger partial charge is 0.438 e. The van der Waals surface area contributed by atoms with E-state index in [9.17, 15) is 9.59 Å². The second-order valence-corrected chi connectivity index (χ2v) is 4.98. The maximum absolute atomic E-state index is 11.9. The highest BCUT2D eigenvalue weighted by molar-refractivity contribution is 5.97. The molecule has 16 heavy (non-hydrogen) atoms. The van der Waals surface area contributed by atoms with Crippen LogP contribution in [0.15, 0.2) is 11.6 Å². The molecule has 0 aliphatic carbocycles. The molecular formula is C12H19NO3. The quantitative estimate of drug-likeness (QED) is 0.672. The predicted octanol–water partition coefficient (Wildman–Crippen LogP) is 1.71. The number of nitrogens with zero attached hydrogens (tertiary/aromatic N) is 1. The topological polar surface area (TPSA) is 46.6 Å². The molecule has 0 aromatic heterocycles. The van der Waals surface area contributed by atoms with Crippen LogP contribution in [0.4, 0.5) is 0 Å². The van der Waals surface area contributed by atoms with Crippen LogP contribution < -0.4 is 0 Å². The van der Waals surface area contributed by atoms with E-state index in [-0.39, 0.29) is 17.3 Å². The van der Waals surface area contributed by atoms with Gasteiger partial charge in [0.15, 0.2) is 6.23 Å². The maximum Gasteiger partial charge on any atom is 0.307 e. The lowest BCUT2D eigenvalue weighted by Gasteiger charge is -2.21. The maximum atomic E-state index is 11.9. The van der Waals surface area contributed by atoms with Crippen molar-refractivity contribution < 1.29 is 14.3 Å². The fourth-order valence-corrected chi connectivity index (χ4v) is 1.53. The van der Waals surface area contributed by atoms with Gasteiger partial charge >= 0.3 is 5.97 Å². The van der Waals surface area contributed by atoms with E-state index in [0.717, 1.165) is 0 Å². The Bertz CT molecular complexity index is 339. The number of carbonyl (C=O) groups is 2. The minimum atomic E-state index is -0.547. The van der Waals surface area contributed by atoms with Gasteiger partial charge in [0.05, 0.1) is 0 Å². The summed E-state index contributed by atoms with van der Waals surface area (Å²) >= 11 is 0. The van der Waals surface area contributed by atoms with Crippen LogP contribution in [0.1, 0.15) is 34.1 Å². The summed E-state index contributed by atoms with van der Waals surface area (Å²) in [5, 5.41) is 0. The molecule has 1 rings (SSSR count). The third-order valence-electron chi connectivity index (χ3n) is 2.59. The van der Waals surface area contributed by atoms with E-state index < -0.39 is 6.23 Å². The van der Waals surface area contributed by atoms with Crippen molar-refractivity contribution in [1.29, 1.82) is 0 Å². The minimum absolute atomic E-state index is 0.0681. The fraction of sp³-hybridized carbons (Fsp3) is 0.667. The first-order valence-electron chi connectivity index (χ1n) is 5.46. The summed E-state index contributed by atoms with van der Waals surface area (Å²) in [6.45, 7) is 7.63. The number of esters is 1. The molecule has 90 valence electrons. The van der Waals surface area contributed by atoms with E-state index in [4.69, 9.17) is 4.74 Å². The summed E-state index contributed by atoms with van der Waals surface area (Å²) in [5.41, 5.74) is 0.475. The van der Waals surface area contributed by atoms with Crippen LogP contribution in [-0.2, 0) is 14.3 Å². The molecule has 1 amide bonds. The highest BCUT2D eigenvalue weighted by atomic mass is 16.6. The average Bonchev–Trinajstić information content (AvgIpc) is 2.45. The molecule has 0 N–H and O–H groups in total. The van der Waals surface area contributed by atoms with Crippen LogP contribution in [0.5, 0.6) is 0 Å². The molecule has 1 atom stereocenters. The monoisotopic (exact) mass is 225 g/mol. The van der Waals surface area contributed by atoms with Crippen molar-refractivity contribution in [2.24, 2.45) is 5.41 Å². The van der Waals surface area contributed by atoms with Crippen molar-refractivity contribution in [3.63, 3.8) is 0 Å². The Balaban J connectivity index is 2.86. The first-order chi connectivity index (χ1) is 7.27. The van der Waals surface area contributed by atoms with Crippen molar-refractivity contribution >= 4 is 11.9 Å². The van der Waals surface area contributed by atoms with Gasteiger partial charge in [-0.25, -0.2) is 0 Å². The van der Waals surface area contributed by atoms with E-state index in [1.54, 1.807) is 20.0 Å². The molecule has 4 nitrogen and oxygen atoms in total. The lowest BCUT2D eigenvalue weighted by molar-refractivity contribution is -0.155. The Morgan fingerprint density at radius 3 is 2.44 bits per heavy atom.